The second kappa shape index (κ2) is 10.2. The molecule has 2 unspecified atom stereocenters. The van der Waals surface area contributed by atoms with Crippen LogP contribution >= 0.6 is 0 Å². The summed E-state index contributed by atoms with van der Waals surface area (Å²) in [6.07, 6.45) is 7.54. The first kappa shape index (κ1) is 21.7. The largest absolute Gasteiger partial charge is 0.493 e. The molecule has 2 aromatic carbocycles. The Hall–Kier alpha value is -3.54. The van der Waals surface area contributed by atoms with Crippen LogP contribution in [0.5, 0.6) is 23.0 Å². The van der Waals surface area contributed by atoms with Gasteiger partial charge in [-0.1, -0.05) is 25.0 Å². The molecule has 0 saturated heterocycles. The number of ether oxygens (including phenoxy) is 3. The monoisotopic (exact) mass is 432 g/mol. The first-order chi connectivity index (χ1) is 15.7. The molecule has 1 amide bonds. The Kier molecular flexibility index (Phi) is 6.90. The summed E-state index contributed by atoms with van der Waals surface area (Å²) in [7, 11) is 3.27. The Labute approximate surface area is 188 Å². The Morgan fingerprint density at radius 1 is 0.906 bits per heavy atom. The molecule has 0 spiro atoms. The van der Waals surface area contributed by atoms with E-state index >= 15 is 0 Å². The molecule has 0 radical (unpaired) electrons. The number of amides is 1. The molecule has 0 aliphatic heterocycles. The quantitative estimate of drug-likeness (QED) is 0.545. The van der Waals surface area contributed by atoms with E-state index in [4.69, 9.17) is 14.2 Å². The van der Waals surface area contributed by atoms with E-state index in [-0.39, 0.29) is 17.9 Å². The predicted molar refractivity (Wildman–Crippen MR) is 123 cm³/mol. The lowest BCUT2D eigenvalue weighted by Gasteiger charge is -2.33. The van der Waals surface area contributed by atoms with Crippen molar-refractivity contribution < 1.29 is 19.0 Å². The lowest BCUT2D eigenvalue weighted by atomic mass is 9.79. The van der Waals surface area contributed by atoms with Crippen molar-refractivity contribution in [2.24, 2.45) is 0 Å². The smallest absolute Gasteiger partial charge is 0.251 e. The van der Waals surface area contributed by atoms with Crippen LogP contribution in [0.4, 0.5) is 0 Å². The molecule has 166 valence electrons. The fraction of sp³-hybridized carbons (Fsp3) is 0.308. The Balaban J connectivity index is 1.50. The first-order valence-electron chi connectivity index (χ1n) is 10.9. The zero-order valence-corrected chi connectivity index (χ0v) is 18.4. The number of pyridine rings is 1. The topological polar surface area (TPSA) is 69.7 Å². The Morgan fingerprint density at radius 3 is 2.47 bits per heavy atom. The Morgan fingerprint density at radius 2 is 1.69 bits per heavy atom. The molecule has 6 nitrogen and oxygen atoms in total. The molecular formula is C26H28N2O4. The number of rotatable bonds is 7. The van der Waals surface area contributed by atoms with E-state index in [1.165, 1.54) is 0 Å². The number of methoxy groups -OCH3 is 2. The van der Waals surface area contributed by atoms with E-state index in [2.05, 4.69) is 16.4 Å². The van der Waals surface area contributed by atoms with Gasteiger partial charge in [0.25, 0.3) is 5.91 Å². The van der Waals surface area contributed by atoms with E-state index < -0.39 is 0 Å². The van der Waals surface area contributed by atoms with Gasteiger partial charge in [0, 0.05) is 29.9 Å². The lowest BCUT2D eigenvalue weighted by Crippen LogP contribution is -2.41. The predicted octanol–water partition coefficient (Wildman–Crippen LogP) is 5.35. The van der Waals surface area contributed by atoms with Crippen molar-refractivity contribution in [2.45, 2.75) is 37.6 Å². The summed E-state index contributed by atoms with van der Waals surface area (Å²) in [6.45, 7) is 0. The van der Waals surface area contributed by atoms with Crippen molar-refractivity contribution in [2.75, 3.05) is 14.2 Å². The molecule has 2 atom stereocenters. The van der Waals surface area contributed by atoms with Crippen LogP contribution in [-0.4, -0.2) is 31.2 Å². The highest BCUT2D eigenvalue weighted by molar-refractivity contribution is 5.94. The van der Waals surface area contributed by atoms with Gasteiger partial charge >= 0.3 is 0 Å². The molecule has 1 aliphatic rings. The van der Waals surface area contributed by atoms with Crippen LogP contribution in [0.1, 0.15) is 47.5 Å². The van der Waals surface area contributed by atoms with E-state index in [0.717, 1.165) is 31.2 Å². The van der Waals surface area contributed by atoms with Crippen LogP contribution in [0, 0.1) is 0 Å². The highest BCUT2D eigenvalue weighted by Crippen LogP contribution is 2.37. The zero-order valence-electron chi connectivity index (χ0n) is 18.4. The van der Waals surface area contributed by atoms with E-state index in [9.17, 15) is 4.79 Å². The van der Waals surface area contributed by atoms with Gasteiger partial charge in [-0.15, -0.1) is 0 Å². The number of nitrogens with one attached hydrogen (secondary N) is 1. The van der Waals surface area contributed by atoms with Gasteiger partial charge in [-0.05, 0) is 60.9 Å². The summed E-state index contributed by atoms with van der Waals surface area (Å²) in [6, 6.07) is 16.9. The normalized spacial score (nSPS) is 17.9. The molecule has 1 N–H and O–H groups in total. The van der Waals surface area contributed by atoms with Crippen LogP contribution in [0.25, 0.3) is 0 Å². The minimum Gasteiger partial charge on any atom is -0.493 e. The minimum atomic E-state index is -0.0949. The van der Waals surface area contributed by atoms with E-state index in [1.54, 1.807) is 44.8 Å². The highest BCUT2D eigenvalue weighted by atomic mass is 16.5. The number of carbonyl (C=O) groups excluding carboxylic acids is 1. The van der Waals surface area contributed by atoms with Gasteiger partial charge in [-0.25, -0.2) is 0 Å². The summed E-state index contributed by atoms with van der Waals surface area (Å²) in [5, 5.41) is 3.26. The van der Waals surface area contributed by atoms with Crippen LogP contribution in [-0.2, 0) is 0 Å². The van der Waals surface area contributed by atoms with E-state index in [1.807, 2.05) is 30.3 Å². The van der Waals surface area contributed by atoms with E-state index in [0.29, 0.717) is 28.6 Å². The standard InChI is InChI=1S/C26H28N2O4/c1-30-24-11-10-18(17-25(24)31-2)22-8-3-4-9-23(22)28-26(29)19-6-5-7-21(16-19)32-20-12-14-27-15-13-20/h5-7,10-17,22-23H,3-4,8-9H2,1-2H3,(H,28,29). The van der Waals surface area contributed by atoms with Gasteiger partial charge in [0.1, 0.15) is 11.5 Å². The maximum atomic E-state index is 13.1. The summed E-state index contributed by atoms with van der Waals surface area (Å²) in [4.78, 5) is 17.1. The molecule has 1 aliphatic carbocycles. The summed E-state index contributed by atoms with van der Waals surface area (Å²) >= 11 is 0. The van der Waals surface area contributed by atoms with Crippen molar-refractivity contribution in [3.05, 3.63) is 78.1 Å². The molecule has 32 heavy (non-hydrogen) atoms. The lowest BCUT2D eigenvalue weighted by molar-refractivity contribution is 0.0920. The van der Waals surface area contributed by atoms with Gasteiger partial charge < -0.3 is 19.5 Å². The molecule has 1 fully saturated rings. The van der Waals surface area contributed by atoms with Crippen molar-refractivity contribution >= 4 is 5.91 Å². The SMILES string of the molecule is COc1ccc(C2CCCCC2NC(=O)c2cccc(Oc3ccncc3)c2)cc1OC. The molecular weight excluding hydrogens is 404 g/mol. The maximum absolute atomic E-state index is 13.1. The molecule has 6 heteroatoms. The van der Waals surface area contributed by atoms with Gasteiger partial charge in [0.05, 0.1) is 14.2 Å². The number of aromatic nitrogens is 1. The van der Waals surface area contributed by atoms with Crippen LogP contribution in [0.15, 0.2) is 67.0 Å². The summed E-state index contributed by atoms with van der Waals surface area (Å²) < 4.78 is 16.7. The molecule has 0 bridgehead atoms. The second-order valence-electron chi connectivity index (χ2n) is 7.90. The number of benzene rings is 2. The molecule has 3 aromatic rings. The average molecular weight is 433 g/mol. The molecule has 1 aromatic heterocycles. The average Bonchev–Trinajstić information content (AvgIpc) is 2.84. The van der Waals surface area contributed by atoms with Crippen molar-refractivity contribution in [1.29, 1.82) is 0 Å². The minimum absolute atomic E-state index is 0.0547. The molecule has 1 heterocycles. The number of nitrogens with zero attached hydrogens (tertiary/aromatic N) is 1. The van der Waals surface area contributed by atoms with Crippen LogP contribution in [0.2, 0.25) is 0 Å². The van der Waals surface area contributed by atoms with Gasteiger partial charge in [0.2, 0.25) is 0 Å². The van der Waals surface area contributed by atoms with Crippen molar-refractivity contribution in [3.63, 3.8) is 0 Å². The number of carbonyl (C=O) groups is 1. The number of hydrogen-bond donors (Lipinski definition) is 1. The zero-order chi connectivity index (χ0) is 22.3. The summed E-state index contributed by atoms with van der Waals surface area (Å²) in [5.74, 6) is 2.84. The fourth-order valence-corrected chi connectivity index (χ4v) is 4.28. The number of hydrogen-bond acceptors (Lipinski definition) is 5. The van der Waals surface area contributed by atoms with Gasteiger partial charge in [-0.3, -0.25) is 9.78 Å². The molecule has 1 saturated carbocycles. The third-order valence-electron chi connectivity index (χ3n) is 5.90. The van der Waals surface area contributed by atoms with Gasteiger partial charge in [0.15, 0.2) is 11.5 Å². The van der Waals surface area contributed by atoms with Crippen LogP contribution in [0.3, 0.4) is 0 Å². The fourth-order valence-electron chi connectivity index (χ4n) is 4.28. The highest BCUT2D eigenvalue weighted by Gasteiger charge is 2.29. The van der Waals surface area contributed by atoms with Gasteiger partial charge in [-0.2, -0.15) is 0 Å². The second-order valence-corrected chi connectivity index (χ2v) is 7.90. The van der Waals surface area contributed by atoms with Crippen LogP contribution < -0.4 is 19.5 Å². The summed E-state index contributed by atoms with van der Waals surface area (Å²) in [5.41, 5.74) is 1.73. The third kappa shape index (κ3) is 5.02. The third-order valence-corrected chi connectivity index (χ3v) is 5.90. The Bertz CT molecular complexity index is 1050. The van der Waals surface area contributed by atoms with Crippen molar-refractivity contribution in [1.82, 2.24) is 10.3 Å². The molecule has 4 rings (SSSR count). The first-order valence-corrected chi connectivity index (χ1v) is 10.9. The van der Waals surface area contributed by atoms with Crippen molar-refractivity contribution in [3.8, 4) is 23.0 Å². The maximum Gasteiger partial charge on any atom is 0.251 e.